The van der Waals surface area contributed by atoms with Crippen molar-refractivity contribution < 1.29 is 4.79 Å². The zero-order chi connectivity index (χ0) is 9.00. The zero-order valence-corrected chi connectivity index (χ0v) is 7.50. The first kappa shape index (κ1) is 7.13. The molecule has 1 amide bonds. The lowest BCUT2D eigenvalue weighted by Gasteiger charge is -2.16. The van der Waals surface area contributed by atoms with Crippen molar-refractivity contribution in [2.24, 2.45) is 5.92 Å². The van der Waals surface area contributed by atoms with Crippen LogP contribution in [-0.2, 0) is 4.79 Å². The van der Waals surface area contributed by atoms with E-state index in [9.17, 15) is 4.79 Å². The first-order chi connectivity index (χ1) is 6.25. The molecule has 0 spiro atoms. The lowest BCUT2D eigenvalue weighted by molar-refractivity contribution is -0.117. The fraction of sp³-hybridized carbons (Fsp3) is 0.364. The predicted molar refractivity (Wildman–Crippen MR) is 50.7 cm³/mol. The Morgan fingerprint density at radius 3 is 3.08 bits per heavy atom. The maximum absolute atomic E-state index is 11.4. The minimum atomic E-state index is 0.211. The molecule has 13 heavy (non-hydrogen) atoms. The molecule has 2 heteroatoms. The standard InChI is InChI=1S/C11H11NO/c1-6-2-3-7-8-5-9(8)11(13)12-10(7)4-6/h2-4,8-9H,5H2,1H3,(H,12,13)/t8?,9-/m1/s1. The van der Waals surface area contributed by atoms with Gasteiger partial charge in [-0.05, 0) is 36.5 Å². The van der Waals surface area contributed by atoms with Crippen molar-refractivity contribution in [2.75, 3.05) is 5.32 Å². The minimum absolute atomic E-state index is 0.211. The molecule has 1 fully saturated rings. The summed E-state index contributed by atoms with van der Waals surface area (Å²) in [6, 6.07) is 6.32. The second kappa shape index (κ2) is 2.13. The highest BCUT2D eigenvalue weighted by Gasteiger charge is 2.48. The average molecular weight is 173 g/mol. The van der Waals surface area contributed by atoms with Gasteiger partial charge in [0, 0.05) is 11.6 Å². The Balaban J connectivity index is 2.14. The van der Waals surface area contributed by atoms with Crippen LogP contribution in [0, 0.1) is 12.8 Å². The van der Waals surface area contributed by atoms with Gasteiger partial charge in [0.15, 0.2) is 0 Å². The lowest BCUT2D eigenvalue weighted by atomic mass is 10.0. The number of rotatable bonds is 0. The van der Waals surface area contributed by atoms with Crippen molar-refractivity contribution >= 4 is 11.6 Å². The number of benzene rings is 1. The zero-order valence-electron chi connectivity index (χ0n) is 7.50. The van der Waals surface area contributed by atoms with Crippen molar-refractivity contribution in [2.45, 2.75) is 19.3 Å². The smallest absolute Gasteiger partial charge is 0.228 e. The molecule has 1 unspecified atom stereocenters. The van der Waals surface area contributed by atoms with Gasteiger partial charge in [0.2, 0.25) is 5.91 Å². The van der Waals surface area contributed by atoms with Gasteiger partial charge in [0.25, 0.3) is 0 Å². The molecule has 1 heterocycles. The molecule has 2 aliphatic rings. The highest BCUT2D eigenvalue weighted by atomic mass is 16.2. The Labute approximate surface area is 77.0 Å². The number of anilines is 1. The van der Waals surface area contributed by atoms with E-state index in [1.165, 1.54) is 11.1 Å². The SMILES string of the molecule is Cc1ccc2c(c1)NC(=O)[C@@H]1CC21. The van der Waals surface area contributed by atoms with Crippen molar-refractivity contribution in [3.05, 3.63) is 29.3 Å². The number of nitrogens with one attached hydrogen (secondary N) is 1. The van der Waals surface area contributed by atoms with Crippen LogP contribution < -0.4 is 5.32 Å². The predicted octanol–water partition coefficient (Wildman–Crippen LogP) is 2.05. The molecule has 1 aliphatic carbocycles. The Bertz CT molecular complexity index is 397. The third-order valence-electron chi connectivity index (χ3n) is 2.99. The van der Waals surface area contributed by atoms with Crippen LogP contribution in [0.15, 0.2) is 18.2 Å². The molecule has 0 aromatic heterocycles. The first-order valence-corrected chi connectivity index (χ1v) is 4.67. The number of carbonyl (C=O) groups is 1. The van der Waals surface area contributed by atoms with Crippen LogP contribution in [0.4, 0.5) is 5.69 Å². The van der Waals surface area contributed by atoms with E-state index in [0.29, 0.717) is 5.92 Å². The van der Waals surface area contributed by atoms with Gasteiger partial charge < -0.3 is 5.32 Å². The molecule has 0 saturated heterocycles. The summed E-state index contributed by atoms with van der Waals surface area (Å²) >= 11 is 0. The molecule has 2 nitrogen and oxygen atoms in total. The fourth-order valence-electron chi connectivity index (χ4n) is 2.16. The number of amides is 1. The summed E-state index contributed by atoms with van der Waals surface area (Å²) in [6.07, 6.45) is 1.04. The van der Waals surface area contributed by atoms with Crippen LogP contribution in [-0.4, -0.2) is 5.91 Å². The summed E-state index contributed by atoms with van der Waals surface area (Å²) in [5.74, 6) is 1.00. The van der Waals surface area contributed by atoms with Gasteiger partial charge in [-0.15, -0.1) is 0 Å². The number of fused-ring (bicyclic) bond motifs is 3. The van der Waals surface area contributed by atoms with Crippen molar-refractivity contribution in [1.29, 1.82) is 0 Å². The van der Waals surface area contributed by atoms with Crippen LogP contribution in [0.2, 0.25) is 0 Å². The second-order valence-electron chi connectivity index (χ2n) is 4.03. The highest BCUT2D eigenvalue weighted by molar-refractivity contribution is 5.99. The van der Waals surface area contributed by atoms with Gasteiger partial charge in [-0.3, -0.25) is 4.79 Å². The van der Waals surface area contributed by atoms with Crippen molar-refractivity contribution in [3.63, 3.8) is 0 Å². The average Bonchev–Trinajstić information content (AvgIpc) is 2.83. The van der Waals surface area contributed by atoms with Crippen LogP contribution in [0.3, 0.4) is 0 Å². The van der Waals surface area contributed by atoms with E-state index in [4.69, 9.17) is 0 Å². The summed E-state index contributed by atoms with van der Waals surface area (Å²) in [5.41, 5.74) is 3.57. The number of aryl methyl sites for hydroxylation is 1. The van der Waals surface area contributed by atoms with Gasteiger partial charge in [-0.1, -0.05) is 12.1 Å². The molecular formula is C11H11NO. The largest absolute Gasteiger partial charge is 0.326 e. The monoisotopic (exact) mass is 173 g/mol. The Morgan fingerprint density at radius 2 is 2.23 bits per heavy atom. The molecule has 1 saturated carbocycles. The summed E-state index contributed by atoms with van der Waals surface area (Å²) in [7, 11) is 0. The molecule has 1 aromatic rings. The second-order valence-corrected chi connectivity index (χ2v) is 4.03. The minimum Gasteiger partial charge on any atom is -0.326 e. The maximum atomic E-state index is 11.4. The van der Waals surface area contributed by atoms with Crippen LogP contribution >= 0.6 is 0 Å². The Morgan fingerprint density at radius 1 is 1.38 bits per heavy atom. The third-order valence-corrected chi connectivity index (χ3v) is 2.99. The molecule has 66 valence electrons. The van der Waals surface area contributed by atoms with E-state index >= 15 is 0 Å². The quantitative estimate of drug-likeness (QED) is 0.639. The molecule has 0 radical (unpaired) electrons. The summed E-state index contributed by atoms with van der Waals surface area (Å²) in [5, 5.41) is 2.95. The molecule has 1 aromatic carbocycles. The topological polar surface area (TPSA) is 29.1 Å². The molecule has 3 rings (SSSR count). The lowest BCUT2D eigenvalue weighted by Crippen LogP contribution is -2.19. The normalized spacial score (nSPS) is 28.8. The van der Waals surface area contributed by atoms with E-state index in [1.54, 1.807) is 0 Å². The number of hydrogen-bond acceptors (Lipinski definition) is 1. The van der Waals surface area contributed by atoms with Crippen molar-refractivity contribution in [3.8, 4) is 0 Å². The molecule has 0 bridgehead atoms. The van der Waals surface area contributed by atoms with E-state index < -0.39 is 0 Å². The number of hydrogen-bond donors (Lipinski definition) is 1. The van der Waals surface area contributed by atoms with E-state index in [-0.39, 0.29) is 11.8 Å². The molecular weight excluding hydrogens is 162 g/mol. The van der Waals surface area contributed by atoms with Gasteiger partial charge in [-0.25, -0.2) is 0 Å². The Kier molecular flexibility index (Phi) is 1.17. The van der Waals surface area contributed by atoms with E-state index in [2.05, 4.69) is 23.5 Å². The maximum Gasteiger partial charge on any atom is 0.228 e. The van der Waals surface area contributed by atoms with E-state index in [0.717, 1.165) is 12.1 Å². The van der Waals surface area contributed by atoms with Crippen LogP contribution in [0.25, 0.3) is 0 Å². The highest BCUT2D eigenvalue weighted by Crippen LogP contribution is 2.53. The molecule has 1 aliphatic heterocycles. The van der Waals surface area contributed by atoms with Crippen LogP contribution in [0.5, 0.6) is 0 Å². The van der Waals surface area contributed by atoms with Gasteiger partial charge in [0.1, 0.15) is 0 Å². The van der Waals surface area contributed by atoms with Crippen molar-refractivity contribution in [1.82, 2.24) is 0 Å². The van der Waals surface area contributed by atoms with Gasteiger partial charge in [-0.2, -0.15) is 0 Å². The summed E-state index contributed by atoms with van der Waals surface area (Å²) in [6.45, 7) is 2.05. The summed E-state index contributed by atoms with van der Waals surface area (Å²) < 4.78 is 0. The first-order valence-electron chi connectivity index (χ1n) is 4.67. The van der Waals surface area contributed by atoms with Gasteiger partial charge in [0.05, 0.1) is 0 Å². The molecule has 1 N–H and O–H groups in total. The third kappa shape index (κ3) is 0.916. The van der Waals surface area contributed by atoms with Gasteiger partial charge >= 0.3 is 0 Å². The fourth-order valence-corrected chi connectivity index (χ4v) is 2.16. The van der Waals surface area contributed by atoms with Crippen LogP contribution in [0.1, 0.15) is 23.5 Å². The Hall–Kier alpha value is -1.31. The number of carbonyl (C=O) groups excluding carboxylic acids is 1. The molecule has 2 atom stereocenters. The summed E-state index contributed by atoms with van der Waals surface area (Å²) in [4.78, 5) is 11.4. The van der Waals surface area contributed by atoms with E-state index in [1.807, 2.05) is 6.92 Å².